The molecule has 1 aromatic carbocycles. The van der Waals surface area contributed by atoms with E-state index < -0.39 is 0 Å². The third-order valence-corrected chi connectivity index (χ3v) is 7.07. The second kappa shape index (κ2) is 9.65. The van der Waals surface area contributed by atoms with Gasteiger partial charge in [0, 0.05) is 19.3 Å². The highest BCUT2D eigenvalue weighted by Gasteiger charge is 2.32. The summed E-state index contributed by atoms with van der Waals surface area (Å²) in [6, 6.07) is 11.2. The maximum Gasteiger partial charge on any atom is 0.267 e. The van der Waals surface area contributed by atoms with Gasteiger partial charge in [-0.15, -0.1) is 0 Å². The molecule has 34 heavy (non-hydrogen) atoms. The molecule has 174 valence electrons. The van der Waals surface area contributed by atoms with E-state index >= 15 is 0 Å². The van der Waals surface area contributed by atoms with Crippen LogP contribution < -0.4 is 10.9 Å². The molecule has 10 heteroatoms. The van der Waals surface area contributed by atoms with Gasteiger partial charge in [-0.2, -0.15) is 0 Å². The van der Waals surface area contributed by atoms with Gasteiger partial charge in [0.1, 0.15) is 21.6 Å². The van der Waals surface area contributed by atoms with Crippen LogP contribution in [0.5, 0.6) is 0 Å². The Morgan fingerprint density at radius 3 is 2.82 bits per heavy atom. The van der Waals surface area contributed by atoms with Crippen LogP contribution in [0, 0.1) is 5.82 Å². The summed E-state index contributed by atoms with van der Waals surface area (Å²) in [6.07, 6.45) is 5.20. The zero-order chi connectivity index (χ0) is 23.7. The van der Waals surface area contributed by atoms with Crippen molar-refractivity contribution in [1.82, 2.24) is 14.3 Å². The van der Waals surface area contributed by atoms with Gasteiger partial charge in [0.05, 0.1) is 23.1 Å². The number of anilines is 1. The maximum atomic E-state index is 13.3. The van der Waals surface area contributed by atoms with Crippen molar-refractivity contribution in [1.29, 1.82) is 0 Å². The van der Waals surface area contributed by atoms with Gasteiger partial charge in [-0.1, -0.05) is 42.2 Å². The van der Waals surface area contributed by atoms with E-state index in [1.54, 1.807) is 36.5 Å². The third-order valence-electron chi connectivity index (χ3n) is 5.69. The second-order valence-corrected chi connectivity index (χ2v) is 9.69. The van der Waals surface area contributed by atoms with Gasteiger partial charge in [-0.3, -0.25) is 18.9 Å². The number of nitrogens with zero attached hydrogens (tertiary/aromatic N) is 3. The molecule has 1 atom stereocenters. The Bertz CT molecular complexity index is 1350. The molecule has 2 aromatic heterocycles. The number of carbonyl (C=O) groups is 1. The number of hydrogen-bond donors (Lipinski definition) is 1. The molecule has 2 aliphatic heterocycles. The minimum absolute atomic E-state index is 0.0535. The summed E-state index contributed by atoms with van der Waals surface area (Å²) in [4.78, 5) is 32.9. The minimum Gasteiger partial charge on any atom is -0.376 e. The van der Waals surface area contributed by atoms with E-state index in [2.05, 4.69) is 10.3 Å². The van der Waals surface area contributed by atoms with Gasteiger partial charge in [-0.25, -0.2) is 9.37 Å². The Morgan fingerprint density at radius 1 is 1.24 bits per heavy atom. The minimum atomic E-state index is -0.346. The van der Waals surface area contributed by atoms with Crippen molar-refractivity contribution in [2.45, 2.75) is 25.5 Å². The smallest absolute Gasteiger partial charge is 0.267 e. The number of thiocarbonyl (C=S) groups is 1. The van der Waals surface area contributed by atoms with E-state index in [4.69, 9.17) is 17.0 Å². The van der Waals surface area contributed by atoms with Crippen LogP contribution in [-0.4, -0.2) is 43.8 Å². The number of rotatable bonds is 6. The summed E-state index contributed by atoms with van der Waals surface area (Å²) in [5.41, 5.74) is 1.25. The van der Waals surface area contributed by atoms with Gasteiger partial charge in [0.15, 0.2) is 0 Å². The summed E-state index contributed by atoms with van der Waals surface area (Å²) in [5, 5.41) is 3.25. The largest absolute Gasteiger partial charge is 0.376 e. The first-order valence-electron chi connectivity index (χ1n) is 10.9. The molecule has 2 aliphatic rings. The highest BCUT2D eigenvalue weighted by Crippen LogP contribution is 2.34. The van der Waals surface area contributed by atoms with Crippen LogP contribution in [-0.2, 0) is 16.1 Å². The lowest BCUT2D eigenvalue weighted by Crippen LogP contribution is -2.27. The summed E-state index contributed by atoms with van der Waals surface area (Å²) >= 11 is 6.56. The van der Waals surface area contributed by atoms with E-state index in [0.29, 0.717) is 27.2 Å². The number of fused-ring (bicyclic) bond motifs is 1. The predicted octanol–water partition coefficient (Wildman–Crippen LogP) is 3.83. The van der Waals surface area contributed by atoms with Gasteiger partial charge in [0.2, 0.25) is 0 Å². The number of thioether (sulfide) groups is 1. The predicted molar refractivity (Wildman–Crippen MR) is 134 cm³/mol. The first kappa shape index (κ1) is 22.7. The molecule has 1 N–H and O–H groups in total. The highest BCUT2D eigenvalue weighted by atomic mass is 32.2. The van der Waals surface area contributed by atoms with Crippen LogP contribution in [0.2, 0.25) is 0 Å². The number of pyridine rings is 1. The van der Waals surface area contributed by atoms with Crippen LogP contribution in [0.1, 0.15) is 24.0 Å². The summed E-state index contributed by atoms with van der Waals surface area (Å²) in [6.45, 7) is 1.46. The SMILES string of the molecule is O=C1C(=Cc2c(NCC3CCCO3)nc3ccccn3c2=O)SC(=S)N1Cc1ccc(F)cc1. The fourth-order valence-corrected chi connectivity index (χ4v) is 5.16. The molecule has 7 nitrogen and oxygen atoms in total. The Morgan fingerprint density at radius 2 is 2.06 bits per heavy atom. The van der Waals surface area contributed by atoms with Crippen LogP contribution >= 0.6 is 24.0 Å². The fraction of sp³-hybridized carbons (Fsp3) is 0.250. The Hall–Kier alpha value is -3.08. The topological polar surface area (TPSA) is 75.9 Å². The Labute approximate surface area is 204 Å². The average molecular weight is 497 g/mol. The van der Waals surface area contributed by atoms with Crippen molar-refractivity contribution in [3.05, 3.63) is 80.9 Å². The van der Waals surface area contributed by atoms with E-state index in [9.17, 15) is 14.0 Å². The quantitative estimate of drug-likeness (QED) is 0.411. The van der Waals surface area contributed by atoms with E-state index in [-0.39, 0.29) is 35.5 Å². The molecule has 1 unspecified atom stereocenters. The van der Waals surface area contributed by atoms with Crippen LogP contribution in [0.3, 0.4) is 0 Å². The van der Waals surface area contributed by atoms with E-state index in [1.165, 1.54) is 21.4 Å². The summed E-state index contributed by atoms with van der Waals surface area (Å²) in [7, 11) is 0. The molecule has 0 bridgehead atoms. The zero-order valence-electron chi connectivity index (χ0n) is 18.1. The summed E-state index contributed by atoms with van der Waals surface area (Å²) in [5.74, 6) is -0.251. The molecule has 4 heterocycles. The zero-order valence-corrected chi connectivity index (χ0v) is 19.7. The highest BCUT2D eigenvalue weighted by molar-refractivity contribution is 8.26. The molecule has 3 aromatic rings. The number of aromatic nitrogens is 2. The lowest BCUT2D eigenvalue weighted by atomic mass is 10.2. The molecule has 0 spiro atoms. The molecular formula is C24H21FN4O3S2. The molecule has 0 radical (unpaired) electrons. The fourth-order valence-electron chi connectivity index (χ4n) is 3.92. The van der Waals surface area contributed by atoms with Gasteiger partial charge < -0.3 is 10.1 Å². The monoisotopic (exact) mass is 496 g/mol. The van der Waals surface area contributed by atoms with Crippen molar-refractivity contribution in [3.8, 4) is 0 Å². The van der Waals surface area contributed by atoms with E-state index in [0.717, 1.165) is 36.8 Å². The van der Waals surface area contributed by atoms with Crippen LogP contribution in [0.4, 0.5) is 10.2 Å². The third kappa shape index (κ3) is 4.61. The first-order chi connectivity index (χ1) is 16.5. The Kier molecular flexibility index (Phi) is 6.44. The molecular weight excluding hydrogens is 475 g/mol. The number of hydrogen-bond acceptors (Lipinski definition) is 7. The van der Waals surface area contributed by atoms with Crippen molar-refractivity contribution in [3.63, 3.8) is 0 Å². The Balaban J connectivity index is 1.48. The van der Waals surface area contributed by atoms with Crippen molar-refractivity contribution >= 4 is 51.7 Å². The summed E-state index contributed by atoms with van der Waals surface area (Å²) < 4.78 is 20.7. The lowest BCUT2D eigenvalue weighted by Gasteiger charge is -2.15. The van der Waals surface area contributed by atoms with Crippen LogP contribution in [0.15, 0.2) is 58.4 Å². The molecule has 5 rings (SSSR count). The average Bonchev–Trinajstić information content (AvgIpc) is 3.45. The van der Waals surface area contributed by atoms with Crippen molar-refractivity contribution in [2.24, 2.45) is 0 Å². The van der Waals surface area contributed by atoms with Gasteiger partial charge in [-0.05, 0) is 48.7 Å². The number of carbonyl (C=O) groups excluding carboxylic acids is 1. The van der Waals surface area contributed by atoms with Crippen LogP contribution in [0.25, 0.3) is 11.7 Å². The molecule has 2 fully saturated rings. The molecule has 2 saturated heterocycles. The number of amides is 1. The number of nitrogens with one attached hydrogen (secondary N) is 1. The maximum absolute atomic E-state index is 13.3. The molecule has 0 saturated carbocycles. The van der Waals surface area contributed by atoms with E-state index in [1.807, 2.05) is 6.07 Å². The lowest BCUT2D eigenvalue weighted by molar-refractivity contribution is -0.122. The number of benzene rings is 1. The van der Waals surface area contributed by atoms with Crippen molar-refractivity contribution < 1.29 is 13.9 Å². The van der Waals surface area contributed by atoms with Gasteiger partial charge in [0.25, 0.3) is 11.5 Å². The molecule has 0 aliphatic carbocycles. The standard InChI is InChI=1S/C24H21FN4O3S2/c25-16-8-6-15(7-9-16)14-29-23(31)19(34-24(29)33)12-18-21(26-13-17-4-3-11-32-17)27-20-5-1-2-10-28(20)22(18)30/h1-2,5-10,12,17,26H,3-4,11,13-14H2. The van der Waals surface area contributed by atoms with Crippen molar-refractivity contribution in [2.75, 3.05) is 18.5 Å². The number of halogens is 1. The van der Waals surface area contributed by atoms with Gasteiger partial charge >= 0.3 is 0 Å². The number of ether oxygens (including phenoxy) is 1. The first-order valence-corrected chi connectivity index (χ1v) is 12.1. The normalized spacial score (nSPS) is 19.5. The second-order valence-electron chi connectivity index (χ2n) is 8.02. The molecule has 1 amide bonds.